The number of carbonyl (C=O) groups is 2. The number of nitrogens with one attached hydrogen (secondary N) is 4. The molecule has 0 atom stereocenters. The van der Waals surface area contributed by atoms with E-state index in [9.17, 15) is 14.0 Å². The molecule has 0 aromatic carbocycles. The number of hydrogen-bond donors (Lipinski definition) is 4. The van der Waals surface area contributed by atoms with Gasteiger partial charge in [0, 0.05) is 24.3 Å². The van der Waals surface area contributed by atoms with E-state index in [4.69, 9.17) is 11.2 Å². The van der Waals surface area contributed by atoms with Crippen LogP contribution in [0, 0.1) is 18.2 Å². The average molecular weight is 507 g/mol. The third-order valence-corrected chi connectivity index (χ3v) is 6.29. The summed E-state index contributed by atoms with van der Waals surface area (Å²) in [6.07, 6.45) is 13.4. The van der Waals surface area contributed by atoms with Gasteiger partial charge in [-0.15, -0.1) is 11.5 Å². The second-order valence-corrected chi connectivity index (χ2v) is 9.13. The molecule has 0 aliphatic heterocycles. The van der Waals surface area contributed by atoms with Crippen LogP contribution in [-0.2, 0) is 4.74 Å². The predicted octanol–water partition coefficient (Wildman–Crippen LogP) is 3.17. The number of terminal acetylenes is 1. The Morgan fingerprint density at radius 3 is 2.59 bits per heavy atom. The van der Waals surface area contributed by atoms with Crippen LogP contribution in [0.3, 0.4) is 0 Å². The highest BCUT2D eigenvalue weighted by Gasteiger charge is 2.27. The summed E-state index contributed by atoms with van der Waals surface area (Å²) in [5, 5.41) is 16.6. The molecule has 2 fully saturated rings. The maximum absolute atomic E-state index is 14.0. The van der Waals surface area contributed by atoms with Crippen LogP contribution in [-0.4, -0.2) is 56.3 Å². The first-order valence-corrected chi connectivity index (χ1v) is 12.2. The zero-order valence-electron chi connectivity index (χ0n) is 20.0. The SMILES string of the molecule is C#CCNC(=O)OC1CCC(Nc2cc(NC3CC3)c3ncc(C(=O)Nc4ccncc4F)n3n2)CC1. The topological polar surface area (TPSA) is 135 Å². The molecule has 11 nitrogen and oxygen atoms in total. The third kappa shape index (κ3) is 5.88. The van der Waals surface area contributed by atoms with E-state index in [2.05, 4.69) is 42.3 Å². The van der Waals surface area contributed by atoms with Gasteiger partial charge in [-0.25, -0.2) is 18.7 Å². The van der Waals surface area contributed by atoms with Gasteiger partial charge < -0.3 is 26.0 Å². The summed E-state index contributed by atoms with van der Waals surface area (Å²) < 4.78 is 20.9. The molecule has 4 N–H and O–H groups in total. The van der Waals surface area contributed by atoms with E-state index in [0.29, 0.717) is 30.3 Å². The van der Waals surface area contributed by atoms with E-state index in [1.165, 1.54) is 23.0 Å². The Labute approximate surface area is 212 Å². The molecule has 0 saturated heterocycles. The van der Waals surface area contributed by atoms with Crippen molar-refractivity contribution in [3.8, 4) is 12.3 Å². The zero-order valence-corrected chi connectivity index (χ0v) is 20.0. The van der Waals surface area contributed by atoms with E-state index in [0.717, 1.165) is 37.6 Å². The van der Waals surface area contributed by atoms with Gasteiger partial charge in [-0.2, -0.15) is 0 Å². The van der Waals surface area contributed by atoms with E-state index >= 15 is 0 Å². The van der Waals surface area contributed by atoms with Gasteiger partial charge in [-0.1, -0.05) is 5.92 Å². The molecule has 5 rings (SSSR count). The van der Waals surface area contributed by atoms with E-state index in [-0.39, 0.29) is 30.1 Å². The van der Waals surface area contributed by atoms with Crippen molar-refractivity contribution < 1.29 is 18.7 Å². The molecule has 0 unspecified atom stereocenters. The lowest BCUT2D eigenvalue weighted by Crippen LogP contribution is -2.34. The lowest BCUT2D eigenvalue weighted by atomic mass is 9.93. The first-order valence-electron chi connectivity index (χ1n) is 12.2. The third-order valence-electron chi connectivity index (χ3n) is 6.29. The van der Waals surface area contributed by atoms with E-state index in [1.807, 2.05) is 6.07 Å². The number of fused-ring (bicyclic) bond motifs is 1. The first-order chi connectivity index (χ1) is 18.0. The fourth-order valence-corrected chi connectivity index (χ4v) is 4.26. The van der Waals surface area contributed by atoms with Crippen molar-refractivity contribution in [2.75, 3.05) is 22.5 Å². The van der Waals surface area contributed by atoms with Crippen molar-refractivity contribution in [3.63, 3.8) is 0 Å². The summed E-state index contributed by atoms with van der Waals surface area (Å²) in [4.78, 5) is 32.9. The Morgan fingerprint density at radius 1 is 1.11 bits per heavy atom. The van der Waals surface area contributed by atoms with Crippen LogP contribution in [0.25, 0.3) is 5.65 Å². The van der Waals surface area contributed by atoms with Gasteiger partial charge in [0.15, 0.2) is 17.2 Å². The highest BCUT2D eigenvalue weighted by Crippen LogP contribution is 2.30. The van der Waals surface area contributed by atoms with Crippen molar-refractivity contribution in [3.05, 3.63) is 42.2 Å². The lowest BCUT2D eigenvalue weighted by Gasteiger charge is -2.29. The van der Waals surface area contributed by atoms with Crippen LogP contribution < -0.4 is 21.3 Å². The molecule has 3 heterocycles. The monoisotopic (exact) mass is 506 g/mol. The van der Waals surface area contributed by atoms with Gasteiger partial charge in [-0.05, 0) is 44.6 Å². The zero-order chi connectivity index (χ0) is 25.8. The summed E-state index contributed by atoms with van der Waals surface area (Å²) in [7, 11) is 0. The Morgan fingerprint density at radius 2 is 1.86 bits per heavy atom. The molecule has 37 heavy (non-hydrogen) atoms. The van der Waals surface area contributed by atoms with Crippen LogP contribution in [0.2, 0.25) is 0 Å². The van der Waals surface area contributed by atoms with Gasteiger partial charge in [0.1, 0.15) is 11.9 Å². The van der Waals surface area contributed by atoms with E-state index < -0.39 is 17.8 Å². The second kappa shape index (κ2) is 10.7. The summed E-state index contributed by atoms with van der Waals surface area (Å²) >= 11 is 0. The quantitative estimate of drug-likeness (QED) is 0.342. The molecule has 0 bridgehead atoms. The largest absolute Gasteiger partial charge is 0.446 e. The Bertz CT molecular complexity index is 1340. The summed E-state index contributed by atoms with van der Waals surface area (Å²) in [5.41, 5.74) is 1.46. The molecule has 3 aromatic heterocycles. The number of carbonyl (C=O) groups excluding carboxylic acids is 2. The Kier molecular flexibility index (Phi) is 7.02. The molecule has 2 saturated carbocycles. The molecular formula is C25H27FN8O3. The van der Waals surface area contributed by atoms with Gasteiger partial charge in [-0.3, -0.25) is 9.78 Å². The molecule has 2 aliphatic rings. The maximum Gasteiger partial charge on any atom is 0.408 e. The lowest BCUT2D eigenvalue weighted by molar-refractivity contribution is 0.0740. The number of pyridine rings is 1. The molecule has 2 amide bonds. The molecule has 192 valence electrons. The van der Waals surface area contributed by atoms with Gasteiger partial charge in [0.2, 0.25) is 0 Å². The summed E-state index contributed by atoms with van der Waals surface area (Å²) in [6, 6.07) is 3.74. The van der Waals surface area contributed by atoms with Gasteiger partial charge >= 0.3 is 6.09 Å². The maximum atomic E-state index is 14.0. The minimum Gasteiger partial charge on any atom is -0.446 e. The average Bonchev–Trinajstić information content (AvgIpc) is 3.60. The second-order valence-electron chi connectivity index (χ2n) is 9.13. The Hall–Kier alpha value is -4.40. The van der Waals surface area contributed by atoms with Crippen LogP contribution in [0.5, 0.6) is 0 Å². The predicted molar refractivity (Wildman–Crippen MR) is 135 cm³/mol. The van der Waals surface area contributed by atoms with Crippen molar-refractivity contribution in [1.82, 2.24) is 24.9 Å². The summed E-state index contributed by atoms with van der Waals surface area (Å²) in [6.45, 7) is 0.132. The number of amides is 2. The van der Waals surface area contributed by atoms with Crippen LogP contribution in [0.4, 0.5) is 26.4 Å². The van der Waals surface area contributed by atoms with E-state index in [1.54, 1.807) is 0 Å². The van der Waals surface area contributed by atoms with Gasteiger partial charge in [0.25, 0.3) is 5.91 Å². The number of ether oxygens (including phenoxy) is 1. The van der Waals surface area contributed by atoms with Crippen molar-refractivity contribution >= 4 is 34.8 Å². The van der Waals surface area contributed by atoms with Crippen molar-refractivity contribution in [2.24, 2.45) is 0 Å². The number of rotatable bonds is 8. The number of hydrogen-bond acceptors (Lipinski definition) is 8. The Balaban J connectivity index is 1.31. The fraction of sp³-hybridized carbons (Fsp3) is 0.400. The molecule has 0 radical (unpaired) electrons. The first kappa shape index (κ1) is 24.3. The molecule has 12 heteroatoms. The number of halogens is 1. The number of imidazole rings is 1. The van der Waals surface area contributed by atoms with Gasteiger partial charge in [0.05, 0.1) is 30.3 Å². The van der Waals surface area contributed by atoms with Crippen molar-refractivity contribution in [2.45, 2.75) is 56.7 Å². The van der Waals surface area contributed by atoms with Crippen LogP contribution in [0.15, 0.2) is 30.7 Å². The molecular weight excluding hydrogens is 479 g/mol. The minimum atomic E-state index is -0.635. The van der Waals surface area contributed by atoms with Crippen molar-refractivity contribution in [1.29, 1.82) is 0 Å². The van der Waals surface area contributed by atoms with Crippen LogP contribution in [0.1, 0.15) is 49.0 Å². The highest BCUT2D eigenvalue weighted by atomic mass is 19.1. The molecule has 0 spiro atoms. The smallest absolute Gasteiger partial charge is 0.408 e. The number of nitrogens with zero attached hydrogens (tertiary/aromatic N) is 4. The minimum absolute atomic E-state index is 0.0208. The molecule has 2 aliphatic carbocycles. The highest BCUT2D eigenvalue weighted by molar-refractivity contribution is 6.03. The normalized spacial score (nSPS) is 19.0. The number of aromatic nitrogens is 4. The summed E-state index contributed by atoms with van der Waals surface area (Å²) in [5.74, 6) is 1.74. The number of anilines is 3. The number of alkyl carbamates (subject to hydrolysis) is 1. The standard InChI is InChI=1S/C25H27FN8O3/c1-2-10-28-25(36)37-17-7-5-16(6-8-17)31-22-12-20(30-15-3-4-15)23-29-14-21(34(23)33-22)24(35)32-19-9-11-27-13-18(19)26/h1,9,11-17,30H,3-8,10H2,(H,28,36)(H,31,33)(H,27,32,35). The van der Waals surface area contributed by atoms with Crippen LogP contribution >= 0.6 is 0 Å². The molecule has 3 aromatic rings. The fourth-order valence-electron chi connectivity index (χ4n) is 4.26.